The number of likely N-dealkylation sites (N-methyl/N-ethyl adjacent to an activating group) is 2. The van der Waals surface area contributed by atoms with Crippen LogP contribution in [0.15, 0.2) is 0 Å². The Hall–Kier alpha value is -1.71. The van der Waals surface area contributed by atoms with E-state index in [0.717, 1.165) is 6.54 Å². The van der Waals surface area contributed by atoms with Gasteiger partial charge >= 0.3 is 17.9 Å². The Morgan fingerprint density at radius 3 is 2.04 bits per heavy atom. The molecule has 0 aliphatic carbocycles. The first kappa shape index (κ1) is 21.3. The average Bonchev–Trinajstić information content (AvgIpc) is 2.70. The molecule has 9 nitrogen and oxygen atoms in total. The van der Waals surface area contributed by atoms with Gasteiger partial charge < -0.3 is 20.2 Å². The van der Waals surface area contributed by atoms with Gasteiger partial charge in [0, 0.05) is 38.1 Å². The quantitative estimate of drug-likeness (QED) is 0.483. The Morgan fingerprint density at radius 1 is 0.960 bits per heavy atom. The first-order chi connectivity index (χ1) is 11.7. The number of carboxylic acids is 3. The van der Waals surface area contributed by atoms with E-state index < -0.39 is 23.4 Å². The molecule has 0 amide bonds. The topological polar surface area (TPSA) is 122 Å². The third-order valence-electron chi connectivity index (χ3n) is 4.76. The molecule has 1 rings (SSSR count). The molecule has 1 heterocycles. The maximum absolute atomic E-state index is 11.3. The van der Waals surface area contributed by atoms with Gasteiger partial charge in [0.25, 0.3) is 0 Å². The van der Waals surface area contributed by atoms with Crippen LogP contribution >= 0.6 is 0 Å². The first-order valence-corrected chi connectivity index (χ1v) is 8.57. The molecular weight excluding hydrogens is 330 g/mol. The Balaban J connectivity index is 3.20. The summed E-state index contributed by atoms with van der Waals surface area (Å²) in [6, 6.07) is 0. The van der Waals surface area contributed by atoms with E-state index in [-0.39, 0.29) is 25.9 Å². The highest BCUT2D eigenvalue weighted by molar-refractivity contribution is 5.70. The van der Waals surface area contributed by atoms with E-state index in [4.69, 9.17) is 10.2 Å². The normalized spacial score (nSPS) is 22.7. The van der Waals surface area contributed by atoms with Crippen molar-refractivity contribution in [3.05, 3.63) is 0 Å². The lowest BCUT2D eigenvalue weighted by Crippen LogP contribution is -2.60. The number of nitrogens with zero attached hydrogens (tertiary/aromatic N) is 3. The summed E-state index contributed by atoms with van der Waals surface area (Å²) >= 11 is 0. The molecule has 1 fully saturated rings. The van der Waals surface area contributed by atoms with Crippen molar-refractivity contribution in [2.75, 3.05) is 52.4 Å². The molecule has 1 atom stereocenters. The highest BCUT2D eigenvalue weighted by Crippen LogP contribution is 2.27. The van der Waals surface area contributed by atoms with Crippen molar-refractivity contribution < 1.29 is 29.7 Å². The predicted molar refractivity (Wildman–Crippen MR) is 90.7 cm³/mol. The molecule has 1 unspecified atom stereocenters. The molecule has 0 saturated carbocycles. The van der Waals surface area contributed by atoms with Crippen molar-refractivity contribution in [1.29, 1.82) is 0 Å². The molecule has 9 heteroatoms. The molecule has 0 radical (unpaired) electrons. The molecule has 0 aromatic rings. The van der Waals surface area contributed by atoms with Crippen LogP contribution in [0.5, 0.6) is 0 Å². The van der Waals surface area contributed by atoms with Crippen molar-refractivity contribution in [2.24, 2.45) is 0 Å². The highest BCUT2D eigenvalue weighted by atomic mass is 16.4. The van der Waals surface area contributed by atoms with Gasteiger partial charge in [-0.25, -0.2) is 0 Å². The molecule has 1 aliphatic heterocycles. The van der Waals surface area contributed by atoms with E-state index in [9.17, 15) is 19.5 Å². The minimum Gasteiger partial charge on any atom is -0.481 e. The van der Waals surface area contributed by atoms with Crippen molar-refractivity contribution in [2.45, 2.75) is 32.2 Å². The molecule has 3 N–H and O–H groups in total. The van der Waals surface area contributed by atoms with Gasteiger partial charge in [-0.3, -0.25) is 24.2 Å². The lowest BCUT2D eigenvalue weighted by atomic mass is 9.89. The van der Waals surface area contributed by atoms with Gasteiger partial charge in [0.2, 0.25) is 0 Å². The zero-order valence-corrected chi connectivity index (χ0v) is 15.0. The minimum atomic E-state index is -0.978. The number of hydrogen-bond acceptors (Lipinski definition) is 6. The van der Waals surface area contributed by atoms with Gasteiger partial charge in [0.05, 0.1) is 13.1 Å². The third-order valence-corrected chi connectivity index (χ3v) is 4.76. The highest BCUT2D eigenvalue weighted by Gasteiger charge is 2.42. The minimum absolute atomic E-state index is 0.0887. The van der Waals surface area contributed by atoms with E-state index in [1.165, 1.54) is 0 Å². The van der Waals surface area contributed by atoms with E-state index in [0.29, 0.717) is 32.7 Å². The second kappa shape index (κ2) is 9.69. The van der Waals surface area contributed by atoms with Crippen molar-refractivity contribution in [3.63, 3.8) is 0 Å². The molecule has 1 aliphatic rings. The largest absolute Gasteiger partial charge is 0.481 e. The smallest absolute Gasteiger partial charge is 0.317 e. The average molecular weight is 359 g/mol. The Morgan fingerprint density at radius 2 is 1.56 bits per heavy atom. The van der Waals surface area contributed by atoms with Crippen LogP contribution in [0, 0.1) is 0 Å². The van der Waals surface area contributed by atoms with Crippen LogP contribution in [-0.2, 0) is 14.4 Å². The summed E-state index contributed by atoms with van der Waals surface area (Å²) in [7, 11) is 0. The fourth-order valence-electron chi connectivity index (χ4n) is 3.55. The maximum Gasteiger partial charge on any atom is 0.317 e. The van der Waals surface area contributed by atoms with Gasteiger partial charge in [0.1, 0.15) is 0 Å². The first-order valence-electron chi connectivity index (χ1n) is 8.57. The van der Waals surface area contributed by atoms with Crippen molar-refractivity contribution in [1.82, 2.24) is 14.7 Å². The number of rotatable bonds is 10. The molecule has 0 spiro atoms. The molecule has 0 bridgehead atoms. The molecule has 25 heavy (non-hydrogen) atoms. The molecule has 1 saturated heterocycles. The van der Waals surface area contributed by atoms with Crippen LogP contribution < -0.4 is 0 Å². The van der Waals surface area contributed by atoms with Gasteiger partial charge in [0.15, 0.2) is 0 Å². The molecule has 144 valence electrons. The number of carbonyl (C=O) groups is 3. The second-order valence-electron chi connectivity index (χ2n) is 6.50. The summed E-state index contributed by atoms with van der Waals surface area (Å²) in [5, 5.41) is 27.6. The number of carboxylic acid groups (broad SMARTS) is 3. The lowest BCUT2D eigenvalue weighted by Gasteiger charge is -2.45. The zero-order chi connectivity index (χ0) is 19.0. The van der Waals surface area contributed by atoms with Gasteiger partial charge in [-0.2, -0.15) is 0 Å². The molecular formula is C16H29N3O6. The summed E-state index contributed by atoms with van der Waals surface area (Å²) in [5.74, 6) is -2.87. The van der Waals surface area contributed by atoms with E-state index in [1.54, 1.807) is 9.80 Å². The summed E-state index contributed by atoms with van der Waals surface area (Å²) in [6.45, 7) is 6.76. The van der Waals surface area contributed by atoms with Crippen LogP contribution in [0.4, 0.5) is 0 Å². The molecule has 0 aromatic carbocycles. The number of hydrogen-bond donors (Lipinski definition) is 3. The Bertz CT molecular complexity index is 486. The predicted octanol–water partition coefficient (Wildman–Crippen LogP) is -0.281. The fraction of sp³-hybridized carbons (Fsp3) is 0.812. The zero-order valence-electron chi connectivity index (χ0n) is 15.0. The van der Waals surface area contributed by atoms with E-state index >= 15 is 0 Å². The van der Waals surface area contributed by atoms with Crippen LogP contribution in [0.3, 0.4) is 0 Å². The lowest BCUT2D eigenvalue weighted by molar-refractivity contribution is -0.143. The standard InChI is InChI=1S/C16H29N3O6/c1-3-17-7-8-18(9-14(22)23)12-16(11-17,6-5-13(20)21)19(4-2)10-15(24)25/h3-12H2,1-2H3,(H,20,21)(H,22,23)(H,24,25). The monoisotopic (exact) mass is 359 g/mol. The van der Waals surface area contributed by atoms with Crippen molar-refractivity contribution >= 4 is 17.9 Å². The summed E-state index contributed by atoms with van der Waals surface area (Å²) < 4.78 is 0. The summed E-state index contributed by atoms with van der Waals surface area (Å²) in [5.41, 5.74) is -0.715. The van der Waals surface area contributed by atoms with E-state index in [2.05, 4.69) is 4.90 Å². The van der Waals surface area contributed by atoms with Crippen LogP contribution in [-0.4, -0.2) is 106 Å². The van der Waals surface area contributed by atoms with Crippen LogP contribution in [0.1, 0.15) is 26.7 Å². The Labute approximate surface area is 147 Å². The second-order valence-corrected chi connectivity index (χ2v) is 6.50. The van der Waals surface area contributed by atoms with Gasteiger partial charge in [-0.05, 0) is 19.5 Å². The fourth-order valence-corrected chi connectivity index (χ4v) is 3.55. The van der Waals surface area contributed by atoms with Gasteiger partial charge in [-0.1, -0.05) is 13.8 Å². The number of aliphatic carboxylic acids is 3. The summed E-state index contributed by atoms with van der Waals surface area (Å²) in [6.07, 6.45) is 0.185. The van der Waals surface area contributed by atoms with Crippen LogP contribution in [0.25, 0.3) is 0 Å². The van der Waals surface area contributed by atoms with E-state index in [1.807, 2.05) is 13.8 Å². The molecule has 0 aromatic heterocycles. The van der Waals surface area contributed by atoms with Gasteiger partial charge in [-0.15, -0.1) is 0 Å². The summed E-state index contributed by atoms with van der Waals surface area (Å²) in [4.78, 5) is 39.3. The SMILES string of the molecule is CCN1CCN(CC(=O)O)CC(CCC(=O)O)(N(CC)CC(=O)O)C1. The maximum atomic E-state index is 11.3. The van der Waals surface area contributed by atoms with Crippen LogP contribution in [0.2, 0.25) is 0 Å². The third kappa shape index (κ3) is 6.60. The van der Waals surface area contributed by atoms with Crippen molar-refractivity contribution in [3.8, 4) is 0 Å². The Kier molecular flexibility index (Phi) is 8.27.